The Morgan fingerprint density at radius 1 is 1.67 bits per heavy atom. The zero-order chi connectivity index (χ0) is 10.8. The highest BCUT2D eigenvalue weighted by molar-refractivity contribution is 6.28. The Bertz CT molecular complexity index is 555. The van der Waals surface area contributed by atoms with Crippen LogP contribution in [0.25, 0.3) is 11.0 Å². The van der Waals surface area contributed by atoms with Crippen LogP contribution in [0.2, 0.25) is 5.28 Å². The summed E-state index contributed by atoms with van der Waals surface area (Å²) in [7, 11) is 0. The van der Waals surface area contributed by atoms with Gasteiger partial charge in [0.2, 0.25) is 5.28 Å². The number of allylic oxidation sites excluding steroid dienone is 1. The summed E-state index contributed by atoms with van der Waals surface area (Å²) in [5.74, 6) is 0. The number of H-pyrrole nitrogens is 1. The molecule has 0 aliphatic carbocycles. The predicted molar refractivity (Wildman–Crippen MR) is 60.2 cm³/mol. The van der Waals surface area contributed by atoms with Gasteiger partial charge in [-0.05, 0) is 24.1 Å². The summed E-state index contributed by atoms with van der Waals surface area (Å²) in [5, 5.41) is 0.675. The Kier molecular flexibility index (Phi) is 2.60. The Morgan fingerprint density at radius 3 is 3.20 bits per heavy atom. The molecule has 2 aromatic rings. The van der Waals surface area contributed by atoms with E-state index in [0.717, 1.165) is 13.0 Å². The van der Waals surface area contributed by atoms with Crippen LogP contribution in [-0.2, 0) is 6.54 Å². The number of hydrogen-bond acceptors (Lipinski definition) is 2. The SMILES string of the molecule is C=CCCn1ccc2c(=O)[nH]c(Cl)nc21. The molecule has 0 aromatic carbocycles. The van der Waals surface area contributed by atoms with E-state index in [1.54, 1.807) is 6.07 Å². The van der Waals surface area contributed by atoms with Crippen LogP contribution in [-0.4, -0.2) is 14.5 Å². The van der Waals surface area contributed by atoms with E-state index < -0.39 is 0 Å². The molecule has 78 valence electrons. The van der Waals surface area contributed by atoms with E-state index in [1.807, 2.05) is 16.8 Å². The first-order valence-corrected chi connectivity index (χ1v) is 4.95. The van der Waals surface area contributed by atoms with Gasteiger partial charge in [0.1, 0.15) is 5.65 Å². The fourth-order valence-electron chi connectivity index (χ4n) is 1.46. The van der Waals surface area contributed by atoms with Gasteiger partial charge in [-0.1, -0.05) is 6.08 Å². The Balaban J connectivity index is 2.58. The van der Waals surface area contributed by atoms with E-state index >= 15 is 0 Å². The van der Waals surface area contributed by atoms with Gasteiger partial charge in [-0.2, -0.15) is 0 Å². The van der Waals surface area contributed by atoms with Crippen LogP contribution < -0.4 is 5.56 Å². The van der Waals surface area contributed by atoms with Gasteiger partial charge < -0.3 is 4.57 Å². The van der Waals surface area contributed by atoms with Gasteiger partial charge in [0.25, 0.3) is 5.56 Å². The van der Waals surface area contributed by atoms with Crippen molar-refractivity contribution in [2.24, 2.45) is 0 Å². The van der Waals surface area contributed by atoms with Gasteiger partial charge in [0.15, 0.2) is 0 Å². The molecule has 2 rings (SSSR count). The highest BCUT2D eigenvalue weighted by Gasteiger charge is 2.06. The molecule has 0 bridgehead atoms. The first-order chi connectivity index (χ1) is 7.22. The smallest absolute Gasteiger partial charge is 0.261 e. The van der Waals surface area contributed by atoms with Crippen LogP contribution >= 0.6 is 11.6 Å². The van der Waals surface area contributed by atoms with Gasteiger partial charge in [-0.3, -0.25) is 9.78 Å². The number of nitrogens with zero attached hydrogens (tertiary/aromatic N) is 2. The van der Waals surface area contributed by atoms with Crippen LogP contribution in [0, 0.1) is 0 Å². The zero-order valence-electron chi connectivity index (χ0n) is 8.03. The second-order valence-electron chi connectivity index (χ2n) is 3.18. The van der Waals surface area contributed by atoms with Crippen molar-refractivity contribution >= 4 is 22.6 Å². The van der Waals surface area contributed by atoms with Gasteiger partial charge >= 0.3 is 0 Å². The van der Waals surface area contributed by atoms with Gasteiger partial charge in [-0.15, -0.1) is 6.58 Å². The van der Waals surface area contributed by atoms with Crippen molar-refractivity contribution in [1.29, 1.82) is 0 Å². The fraction of sp³-hybridized carbons (Fsp3) is 0.200. The van der Waals surface area contributed by atoms with Gasteiger partial charge in [0, 0.05) is 12.7 Å². The van der Waals surface area contributed by atoms with Crippen molar-refractivity contribution in [3.63, 3.8) is 0 Å². The summed E-state index contributed by atoms with van der Waals surface area (Å²) in [4.78, 5) is 18.0. The minimum absolute atomic E-state index is 0.117. The molecular formula is C10H10ClN3O. The molecule has 0 saturated heterocycles. The number of nitrogens with one attached hydrogen (secondary N) is 1. The summed E-state index contributed by atoms with van der Waals surface area (Å²) in [6.07, 6.45) is 4.48. The van der Waals surface area contributed by atoms with E-state index in [-0.39, 0.29) is 10.8 Å². The minimum atomic E-state index is -0.206. The molecule has 0 aliphatic heterocycles. The molecule has 0 atom stereocenters. The van der Waals surface area contributed by atoms with Crippen molar-refractivity contribution in [3.05, 3.63) is 40.6 Å². The molecule has 1 N–H and O–H groups in total. The average molecular weight is 224 g/mol. The molecule has 15 heavy (non-hydrogen) atoms. The van der Waals surface area contributed by atoms with Gasteiger partial charge in [-0.25, -0.2) is 4.98 Å². The lowest BCUT2D eigenvalue weighted by Crippen LogP contribution is -2.08. The lowest BCUT2D eigenvalue weighted by molar-refractivity contribution is 0.731. The second-order valence-corrected chi connectivity index (χ2v) is 3.54. The third-order valence-corrected chi connectivity index (χ3v) is 2.35. The molecule has 0 spiro atoms. The number of aromatic amines is 1. The van der Waals surface area contributed by atoms with E-state index in [1.165, 1.54) is 0 Å². The third kappa shape index (κ3) is 1.80. The van der Waals surface area contributed by atoms with Crippen molar-refractivity contribution in [2.45, 2.75) is 13.0 Å². The highest BCUT2D eigenvalue weighted by atomic mass is 35.5. The average Bonchev–Trinajstić information content (AvgIpc) is 2.58. The van der Waals surface area contributed by atoms with Crippen LogP contribution in [0.1, 0.15) is 6.42 Å². The first kappa shape index (κ1) is 9.98. The van der Waals surface area contributed by atoms with E-state index in [2.05, 4.69) is 16.5 Å². The third-order valence-electron chi connectivity index (χ3n) is 2.17. The van der Waals surface area contributed by atoms with Crippen LogP contribution in [0.15, 0.2) is 29.7 Å². The maximum absolute atomic E-state index is 11.5. The summed E-state index contributed by atoms with van der Waals surface area (Å²) >= 11 is 5.69. The van der Waals surface area contributed by atoms with Crippen molar-refractivity contribution < 1.29 is 0 Å². The molecule has 4 nitrogen and oxygen atoms in total. The number of aromatic nitrogens is 3. The molecule has 5 heteroatoms. The molecule has 0 unspecified atom stereocenters. The summed E-state index contributed by atoms with van der Waals surface area (Å²) < 4.78 is 1.89. The zero-order valence-corrected chi connectivity index (χ0v) is 8.79. The van der Waals surface area contributed by atoms with Crippen LogP contribution in [0.4, 0.5) is 0 Å². The number of rotatable bonds is 3. The Morgan fingerprint density at radius 2 is 2.47 bits per heavy atom. The Labute approximate surface area is 91.2 Å². The summed E-state index contributed by atoms with van der Waals surface area (Å²) in [6, 6.07) is 1.74. The number of hydrogen-bond donors (Lipinski definition) is 1. The van der Waals surface area contributed by atoms with Gasteiger partial charge in [0.05, 0.1) is 5.39 Å². The quantitative estimate of drug-likeness (QED) is 0.639. The van der Waals surface area contributed by atoms with Crippen molar-refractivity contribution in [2.75, 3.05) is 0 Å². The maximum atomic E-state index is 11.5. The summed E-state index contributed by atoms with van der Waals surface area (Å²) in [5.41, 5.74) is 0.410. The van der Waals surface area contributed by atoms with Crippen molar-refractivity contribution in [1.82, 2.24) is 14.5 Å². The lowest BCUT2D eigenvalue weighted by Gasteiger charge is -2.01. The molecule has 0 radical (unpaired) electrons. The molecule has 0 aliphatic rings. The summed E-state index contributed by atoms with van der Waals surface area (Å²) in [6.45, 7) is 4.40. The monoisotopic (exact) mass is 223 g/mol. The molecule has 0 fully saturated rings. The topological polar surface area (TPSA) is 50.7 Å². The van der Waals surface area contributed by atoms with Crippen LogP contribution in [0.3, 0.4) is 0 Å². The predicted octanol–water partition coefficient (Wildman–Crippen LogP) is 1.95. The lowest BCUT2D eigenvalue weighted by atomic mass is 10.4. The molecule has 0 saturated carbocycles. The number of halogens is 1. The van der Waals surface area contributed by atoms with E-state index in [9.17, 15) is 4.79 Å². The molecular weight excluding hydrogens is 214 g/mol. The van der Waals surface area contributed by atoms with Crippen molar-refractivity contribution in [3.8, 4) is 0 Å². The second kappa shape index (κ2) is 3.90. The highest BCUT2D eigenvalue weighted by Crippen LogP contribution is 2.11. The minimum Gasteiger partial charge on any atom is -0.332 e. The number of aryl methyl sites for hydroxylation is 1. The molecule has 2 aromatic heterocycles. The van der Waals surface area contributed by atoms with Crippen LogP contribution in [0.5, 0.6) is 0 Å². The standard InChI is InChI=1S/C10H10ClN3O/c1-2-3-5-14-6-4-7-8(14)12-10(11)13-9(7)15/h2,4,6H,1,3,5H2,(H,12,13,15). The molecule has 2 heterocycles. The fourth-order valence-corrected chi connectivity index (χ4v) is 1.62. The largest absolute Gasteiger partial charge is 0.332 e. The maximum Gasteiger partial charge on any atom is 0.261 e. The van der Waals surface area contributed by atoms with E-state index in [0.29, 0.717) is 11.0 Å². The Hall–Kier alpha value is -1.55. The first-order valence-electron chi connectivity index (χ1n) is 4.58. The van der Waals surface area contributed by atoms with E-state index in [4.69, 9.17) is 11.6 Å². The normalized spacial score (nSPS) is 10.7. The number of fused-ring (bicyclic) bond motifs is 1. The molecule has 0 amide bonds.